The van der Waals surface area contributed by atoms with E-state index in [4.69, 9.17) is 0 Å². The Labute approximate surface area is 136 Å². The SMILES string of the molecule is O=C(Nc1ccccc1)c1cnc(Nc2c(F)cccc2F)nc1. The Morgan fingerprint density at radius 1 is 0.875 bits per heavy atom. The lowest BCUT2D eigenvalue weighted by molar-refractivity contribution is 0.102. The van der Waals surface area contributed by atoms with Crippen molar-refractivity contribution in [2.24, 2.45) is 0 Å². The maximum absolute atomic E-state index is 13.6. The van der Waals surface area contributed by atoms with Crippen molar-refractivity contribution in [1.82, 2.24) is 9.97 Å². The molecule has 0 radical (unpaired) electrons. The lowest BCUT2D eigenvalue weighted by atomic mass is 10.3. The van der Waals surface area contributed by atoms with Gasteiger partial charge in [-0.15, -0.1) is 0 Å². The number of carbonyl (C=O) groups is 1. The largest absolute Gasteiger partial charge is 0.322 e. The van der Waals surface area contributed by atoms with Crippen LogP contribution in [0.3, 0.4) is 0 Å². The third-order valence-corrected chi connectivity index (χ3v) is 3.15. The molecule has 0 fully saturated rings. The highest BCUT2D eigenvalue weighted by Crippen LogP contribution is 2.21. The van der Waals surface area contributed by atoms with Crippen molar-refractivity contribution >= 4 is 23.2 Å². The second kappa shape index (κ2) is 6.82. The van der Waals surface area contributed by atoms with Crippen molar-refractivity contribution in [3.8, 4) is 0 Å². The van der Waals surface area contributed by atoms with Crippen LogP contribution in [0.15, 0.2) is 60.9 Å². The molecule has 0 bridgehead atoms. The molecule has 0 aliphatic heterocycles. The number of rotatable bonds is 4. The van der Waals surface area contributed by atoms with E-state index in [0.717, 1.165) is 12.1 Å². The number of benzene rings is 2. The molecule has 3 aromatic rings. The van der Waals surface area contributed by atoms with Crippen LogP contribution in [0.25, 0.3) is 0 Å². The van der Waals surface area contributed by atoms with Crippen LogP contribution in [0, 0.1) is 11.6 Å². The van der Waals surface area contributed by atoms with Gasteiger partial charge in [0, 0.05) is 18.1 Å². The predicted octanol–water partition coefficient (Wildman–Crippen LogP) is 3.75. The van der Waals surface area contributed by atoms with E-state index in [2.05, 4.69) is 20.6 Å². The van der Waals surface area contributed by atoms with E-state index in [-0.39, 0.29) is 23.1 Å². The Morgan fingerprint density at radius 2 is 1.50 bits per heavy atom. The van der Waals surface area contributed by atoms with E-state index in [1.165, 1.54) is 18.5 Å². The highest BCUT2D eigenvalue weighted by molar-refractivity contribution is 6.03. The van der Waals surface area contributed by atoms with E-state index in [1.54, 1.807) is 24.3 Å². The molecule has 1 amide bonds. The maximum atomic E-state index is 13.6. The Kier molecular flexibility index (Phi) is 4.42. The summed E-state index contributed by atoms with van der Waals surface area (Å²) in [5, 5.41) is 5.14. The van der Waals surface area contributed by atoms with Crippen LogP contribution in [-0.2, 0) is 0 Å². The summed E-state index contributed by atoms with van der Waals surface area (Å²) in [6.45, 7) is 0. The maximum Gasteiger partial charge on any atom is 0.258 e. The number of amides is 1. The third kappa shape index (κ3) is 3.52. The van der Waals surface area contributed by atoms with Crippen LogP contribution in [-0.4, -0.2) is 15.9 Å². The quantitative estimate of drug-likeness (QED) is 0.766. The number of hydrogen-bond acceptors (Lipinski definition) is 4. The fraction of sp³-hybridized carbons (Fsp3) is 0. The number of anilines is 3. The zero-order chi connectivity index (χ0) is 16.9. The molecule has 2 N–H and O–H groups in total. The van der Waals surface area contributed by atoms with Crippen LogP contribution in [0.1, 0.15) is 10.4 Å². The van der Waals surface area contributed by atoms with Gasteiger partial charge in [-0.1, -0.05) is 24.3 Å². The number of aromatic nitrogens is 2. The topological polar surface area (TPSA) is 66.9 Å². The number of hydrogen-bond donors (Lipinski definition) is 2. The molecule has 0 aliphatic rings. The van der Waals surface area contributed by atoms with Crippen LogP contribution >= 0.6 is 0 Å². The normalized spacial score (nSPS) is 10.2. The molecular weight excluding hydrogens is 314 g/mol. The minimum atomic E-state index is -0.760. The van der Waals surface area contributed by atoms with E-state index < -0.39 is 11.6 Å². The van der Waals surface area contributed by atoms with Gasteiger partial charge in [0.1, 0.15) is 17.3 Å². The summed E-state index contributed by atoms with van der Waals surface area (Å²) in [6.07, 6.45) is 2.54. The Morgan fingerprint density at radius 3 is 2.12 bits per heavy atom. The Hall–Kier alpha value is -3.35. The second-order valence-electron chi connectivity index (χ2n) is 4.84. The van der Waals surface area contributed by atoms with Crippen molar-refractivity contribution in [1.29, 1.82) is 0 Å². The molecule has 1 heterocycles. The van der Waals surface area contributed by atoms with Gasteiger partial charge in [0.25, 0.3) is 5.91 Å². The van der Waals surface area contributed by atoms with Crippen molar-refractivity contribution in [2.45, 2.75) is 0 Å². The number of carbonyl (C=O) groups excluding carboxylic acids is 1. The van der Waals surface area contributed by atoms with Gasteiger partial charge < -0.3 is 10.6 Å². The van der Waals surface area contributed by atoms with Gasteiger partial charge >= 0.3 is 0 Å². The lowest BCUT2D eigenvalue weighted by Gasteiger charge is -2.08. The first-order valence-corrected chi connectivity index (χ1v) is 7.03. The molecule has 2 aromatic carbocycles. The zero-order valence-corrected chi connectivity index (χ0v) is 12.3. The first kappa shape index (κ1) is 15.5. The molecule has 1 aromatic heterocycles. The molecular formula is C17H12F2N4O. The predicted molar refractivity (Wildman–Crippen MR) is 86.1 cm³/mol. The van der Waals surface area contributed by atoms with Gasteiger partial charge in [0.15, 0.2) is 0 Å². The van der Waals surface area contributed by atoms with Crippen molar-refractivity contribution in [3.05, 3.63) is 78.1 Å². The fourth-order valence-corrected chi connectivity index (χ4v) is 1.96. The van der Waals surface area contributed by atoms with Gasteiger partial charge in [-0.05, 0) is 24.3 Å². The van der Waals surface area contributed by atoms with E-state index in [9.17, 15) is 13.6 Å². The van der Waals surface area contributed by atoms with Crippen molar-refractivity contribution in [2.75, 3.05) is 10.6 Å². The molecule has 7 heteroatoms. The highest BCUT2D eigenvalue weighted by Gasteiger charge is 2.11. The molecule has 0 saturated carbocycles. The van der Waals surface area contributed by atoms with Gasteiger partial charge in [-0.25, -0.2) is 18.7 Å². The van der Waals surface area contributed by atoms with Crippen LogP contribution in [0.4, 0.5) is 26.1 Å². The smallest absolute Gasteiger partial charge is 0.258 e. The monoisotopic (exact) mass is 326 g/mol. The summed E-state index contributed by atoms with van der Waals surface area (Å²) in [5.41, 5.74) is 0.510. The average Bonchev–Trinajstić information content (AvgIpc) is 2.60. The van der Waals surface area contributed by atoms with E-state index in [1.807, 2.05) is 6.07 Å². The second-order valence-corrected chi connectivity index (χ2v) is 4.84. The van der Waals surface area contributed by atoms with Crippen LogP contribution < -0.4 is 10.6 Å². The molecule has 0 aliphatic carbocycles. The molecule has 5 nitrogen and oxygen atoms in total. The summed E-state index contributed by atoms with van der Waals surface area (Å²) in [6, 6.07) is 12.4. The fourth-order valence-electron chi connectivity index (χ4n) is 1.96. The molecule has 0 atom stereocenters. The van der Waals surface area contributed by atoms with Crippen molar-refractivity contribution < 1.29 is 13.6 Å². The summed E-state index contributed by atoms with van der Waals surface area (Å²) in [5.74, 6) is -1.92. The van der Waals surface area contributed by atoms with Crippen molar-refractivity contribution in [3.63, 3.8) is 0 Å². The first-order valence-electron chi connectivity index (χ1n) is 7.03. The van der Waals surface area contributed by atoms with Gasteiger partial charge in [0.2, 0.25) is 5.95 Å². The van der Waals surface area contributed by atoms with E-state index >= 15 is 0 Å². The number of halogens is 2. The minimum Gasteiger partial charge on any atom is -0.322 e. The van der Waals surface area contributed by atoms with Gasteiger partial charge in [-0.2, -0.15) is 0 Å². The Balaban J connectivity index is 1.72. The van der Waals surface area contributed by atoms with Crippen LogP contribution in [0.5, 0.6) is 0 Å². The molecule has 120 valence electrons. The standard InChI is InChI=1S/C17H12F2N4O/c18-13-7-4-8-14(19)15(13)23-17-20-9-11(10-21-17)16(24)22-12-5-2-1-3-6-12/h1-10H,(H,22,24)(H,20,21,23). The first-order chi connectivity index (χ1) is 11.6. The van der Waals surface area contributed by atoms with Gasteiger partial charge in [-0.3, -0.25) is 4.79 Å². The third-order valence-electron chi connectivity index (χ3n) is 3.15. The molecule has 0 unspecified atom stereocenters. The van der Waals surface area contributed by atoms with E-state index in [0.29, 0.717) is 5.69 Å². The average molecular weight is 326 g/mol. The number of para-hydroxylation sites is 2. The lowest BCUT2D eigenvalue weighted by Crippen LogP contribution is -2.13. The molecule has 24 heavy (non-hydrogen) atoms. The number of nitrogens with one attached hydrogen (secondary N) is 2. The minimum absolute atomic E-state index is 0.0183. The number of nitrogens with zero attached hydrogens (tertiary/aromatic N) is 2. The highest BCUT2D eigenvalue weighted by atomic mass is 19.1. The van der Waals surface area contributed by atoms with Crippen LogP contribution in [0.2, 0.25) is 0 Å². The molecule has 3 rings (SSSR count). The molecule has 0 saturated heterocycles. The summed E-state index contributed by atoms with van der Waals surface area (Å²) in [7, 11) is 0. The van der Waals surface area contributed by atoms with Gasteiger partial charge in [0.05, 0.1) is 5.56 Å². The summed E-state index contributed by atoms with van der Waals surface area (Å²) < 4.78 is 27.1. The summed E-state index contributed by atoms with van der Waals surface area (Å²) in [4.78, 5) is 19.9. The Bertz CT molecular complexity index is 834. The molecule has 0 spiro atoms. The zero-order valence-electron chi connectivity index (χ0n) is 12.3. The summed E-state index contributed by atoms with van der Waals surface area (Å²) >= 11 is 0.